The number of nitrogens with one attached hydrogen (secondary N) is 2. The molecule has 0 amide bonds. The van der Waals surface area contributed by atoms with Crippen molar-refractivity contribution < 1.29 is 9.21 Å². The standard InChI is InChI=1S/C18H16ClN5O2/c1-2-3-6-18(22-23-18)7-8-24-15-9-12(19)4-5-13(15)14(10-25)16(24)17-21-20-11-26-17/h1,4-5,9-11,22-23H,3,6-8H2. The van der Waals surface area contributed by atoms with Gasteiger partial charge in [-0.25, -0.2) is 10.9 Å². The van der Waals surface area contributed by atoms with Crippen LogP contribution in [0.4, 0.5) is 0 Å². The maximum absolute atomic E-state index is 11.8. The number of nitrogens with zero attached hydrogens (tertiary/aromatic N) is 3. The van der Waals surface area contributed by atoms with Gasteiger partial charge in [0.05, 0.1) is 16.7 Å². The lowest BCUT2D eigenvalue weighted by atomic mass is 10.1. The number of benzene rings is 1. The molecule has 2 N–H and O–H groups in total. The Morgan fingerprint density at radius 2 is 2.23 bits per heavy atom. The Balaban J connectivity index is 1.79. The quantitative estimate of drug-likeness (QED) is 0.377. The molecule has 3 heterocycles. The van der Waals surface area contributed by atoms with Gasteiger partial charge in [0, 0.05) is 23.4 Å². The van der Waals surface area contributed by atoms with Crippen molar-refractivity contribution in [2.45, 2.75) is 31.5 Å². The average Bonchev–Trinajstić information content (AvgIpc) is 3.08. The van der Waals surface area contributed by atoms with Crippen LogP contribution >= 0.6 is 11.6 Å². The van der Waals surface area contributed by atoms with Crippen LogP contribution in [-0.2, 0) is 6.54 Å². The summed E-state index contributed by atoms with van der Waals surface area (Å²) in [6.07, 6.45) is 9.70. The number of fused-ring (bicyclic) bond motifs is 1. The summed E-state index contributed by atoms with van der Waals surface area (Å²) in [5, 5.41) is 9.13. The molecular weight excluding hydrogens is 354 g/mol. The normalized spacial score (nSPS) is 15.1. The van der Waals surface area contributed by atoms with E-state index in [2.05, 4.69) is 27.0 Å². The maximum atomic E-state index is 11.8. The lowest BCUT2D eigenvalue weighted by molar-refractivity contribution is 0.112. The lowest BCUT2D eigenvalue weighted by Crippen LogP contribution is -2.20. The number of carbonyl (C=O) groups excluding carboxylic acids is 1. The van der Waals surface area contributed by atoms with Gasteiger partial charge in [0.2, 0.25) is 6.39 Å². The van der Waals surface area contributed by atoms with Gasteiger partial charge in [-0.15, -0.1) is 22.5 Å². The molecule has 8 heteroatoms. The number of halogens is 1. The monoisotopic (exact) mass is 369 g/mol. The Bertz CT molecular complexity index is 999. The average molecular weight is 370 g/mol. The molecule has 1 fully saturated rings. The second kappa shape index (κ2) is 6.57. The molecule has 26 heavy (non-hydrogen) atoms. The highest BCUT2D eigenvalue weighted by Crippen LogP contribution is 2.35. The Hall–Kier alpha value is -2.66. The lowest BCUT2D eigenvalue weighted by Gasteiger charge is -2.14. The molecule has 0 saturated carbocycles. The van der Waals surface area contributed by atoms with E-state index in [9.17, 15) is 4.79 Å². The molecule has 4 rings (SSSR count). The van der Waals surface area contributed by atoms with Gasteiger partial charge in [0.1, 0.15) is 5.69 Å². The zero-order chi connectivity index (χ0) is 18.1. The van der Waals surface area contributed by atoms with Crippen LogP contribution in [0, 0.1) is 12.3 Å². The minimum absolute atomic E-state index is 0.186. The van der Waals surface area contributed by atoms with Gasteiger partial charge in [0.15, 0.2) is 6.29 Å². The molecule has 0 spiro atoms. The number of aryl methyl sites for hydroxylation is 1. The number of aldehydes is 1. The molecule has 1 aliphatic heterocycles. The van der Waals surface area contributed by atoms with Gasteiger partial charge in [0.25, 0.3) is 5.89 Å². The van der Waals surface area contributed by atoms with Crippen molar-refractivity contribution in [3.63, 3.8) is 0 Å². The summed E-state index contributed by atoms with van der Waals surface area (Å²) in [4.78, 5) is 11.8. The number of aromatic nitrogens is 3. The first kappa shape index (κ1) is 16.8. The fourth-order valence-electron chi connectivity index (χ4n) is 3.26. The number of rotatable bonds is 7. The van der Waals surface area contributed by atoms with Crippen molar-refractivity contribution >= 4 is 28.8 Å². The predicted octanol–water partition coefficient (Wildman–Crippen LogP) is 2.76. The number of hydrogen-bond acceptors (Lipinski definition) is 6. The summed E-state index contributed by atoms with van der Waals surface area (Å²) < 4.78 is 7.38. The first-order valence-corrected chi connectivity index (χ1v) is 8.56. The van der Waals surface area contributed by atoms with Crippen LogP contribution in [0.15, 0.2) is 29.0 Å². The van der Waals surface area contributed by atoms with Crippen LogP contribution < -0.4 is 10.9 Å². The summed E-state index contributed by atoms with van der Waals surface area (Å²) in [6, 6.07) is 5.43. The van der Waals surface area contributed by atoms with Crippen LogP contribution in [0.3, 0.4) is 0 Å². The highest BCUT2D eigenvalue weighted by atomic mass is 35.5. The van der Waals surface area contributed by atoms with Gasteiger partial charge in [-0.1, -0.05) is 17.7 Å². The first-order chi connectivity index (χ1) is 12.7. The first-order valence-electron chi connectivity index (χ1n) is 8.19. The Morgan fingerprint density at radius 3 is 2.88 bits per heavy atom. The van der Waals surface area contributed by atoms with Crippen LogP contribution in [0.25, 0.3) is 22.5 Å². The zero-order valence-corrected chi connectivity index (χ0v) is 14.6. The second-order valence-corrected chi connectivity index (χ2v) is 6.66. The predicted molar refractivity (Wildman–Crippen MR) is 97.3 cm³/mol. The number of hydrazine groups is 1. The van der Waals surface area contributed by atoms with Gasteiger partial charge in [-0.05, 0) is 25.0 Å². The third-order valence-corrected chi connectivity index (χ3v) is 4.92. The molecule has 0 unspecified atom stereocenters. The Labute approximate surface area is 154 Å². The second-order valence-electron chi connectivity index (χ2n) is 6.22. The summed E-state index contributed by atoms with van der Waals surface area (Å²) in [5.74, 6) is 2.96. The largest absolute Gasteiger partial charge is 0.422 e. The molecule has 132 valence electrons. The highest BCUT2D eigenvalue weighted by Gasteiger charge is 2.40. The Morgan fingerprint density at radius 1 is 1.38 bits per heavy atom. The smallest absolute Gasteiger partial charge is 0.264 e. The van der Waals surface area contributed by atoms with Crippen molar-refractivity contribution in [3.05, 3.63) is 35.2 Å². The number of hydrogen-bond donors (Lipinski definition) is 2. The summed E-state index contributed by atoms with van der Waals surface area (Å²) in [5.41, 5.74) is 8.13. The number of terminal acetylenes is 1. The van der Waals surface area contributed by atoms with E-state index in [1.807, 2.05) is 16.7 Å². The van der Waals surface area contributed by atoms with E-state index in [0.717, 1.165) is 30.0 Å². The van der Waals surface area contributed by atoms with Crippen molar-refractivity contribution in [1.82, 2.24) is 25.6 Å². The molecule has 1 aromatic carbocycles. The molecule has 1 saturated heterocycles. The van der Waals surface area contributed by atoms with Crippen LogP contribution in [0.2, 0.25) is 5.02 Å². The highest BCUT2D eigenvalue weighted by molar-refractivity contribution is 6.31. The molecule has 0 atom stereocenters. The minimum atomic E-state index is -0.186. The minimum Gasteiger partial charge on any atom is -0.422 e. The van der Waals surface area contributed by atoms with Crippen LogP contribution in [-0.4, -0.2) is 26.7 Å². The molecule has 0 radical (unpaired) electrons. The molecule has 3 aromatic rings. The zero-order valence-electron chi connectivity index (χ0n) is 13.8. The summed E-state index contributed by atoms with van der Waals surface area (Å²) in [6.45, 7) is 0.618. The van der Waals surface area contributed by atoms with E-state index in [1.54, 1.807) is 6.07 Å². The van der Waals surface area contributed by atoms with E-state index in [4.69, 9.17) is 22.4 Å². The third kappa shape index (κ3) is 2.88. The topological polar surface area (TPSA) is 105 Å². The van der Waals surface area contributed by atoms with Gasteiger partial charge >= 0.3 is 0 Å². The van der Waals surface area contributed by atoms with Crippen molar-refractivity contribution in [2.75, 3.05) is 0 Å². The number of carbonyl (C=O) groups is 1. The van der Waals surface area contributed by atoms with Crippen molar-refractivity contribution in [2.24, 2.45) is 0 Å². The fraction of sp³-hybridized carbons (Fsp3) is 0.278. The molecule has 2 aromatic heterocycles. The van der Waals surface area contributed by atoms with Crippen LogP contribution in [0.5, 0.6) is 0 Å². The van der Waals surface area contributed by atoms with Crippen molar-refractivity contribution in [1.29, 1.82) is 0 Å². The molecule has 0 aliphatic carbocycles. The maximum Gasteiger partial charge on any atom is 0.264 e. The SMILES string of the molecule is C#CCCC1(CCn2c(-c3nnco3)c(C=O)c3ccc(Cl)cc32)NN1. The van der Waals surface area contributed by atoms with E-state index in [1.165, 1.54) is 6.39 Å². The third-order valence-electron chi connectivity index (χ3n) is 4.68. The van der Waals surface area contributed by atoms with Crippen molar-refractivity contribution in [3.8, 4) is 23.9 Å². The van der Waals surface area contributed by atoms with E-state index in [0.29, 0.717) is 35.1 Å². The van der Waals surface area contributed by atoms with Gasteiger partial charge in [-0.2, -0.15) is 0 Å². The Kier molecular flexibility index (Phi) is 4.24. The van der Waals surface area contributed by atoms with Crippen LogP contribution in [0.1, 0.15) is 29.6 Å². The molecular formula is C18H16ClN5O2. The molecule has 1 aliphatic rings. The van der Waals surface area contributed by atoms with Gasteiger partial charge < -0.3 is 8.98 Å². The molecule has 7 nitrogen and oxygen atoms in total. The van der Waals surface area contributed by atoms with E-state index >= 15 is 0 Å². The molecule has 0 bridgehead atoms. The van der Waals surface area contributed by atoms with E-state index < -0.39 is 0 Å². The summed E-state index contributed by atoms with van der Waals surface area (Å²) in [7, 11) is 0. The van der Waals surface area contributed by atoms with E-state index in [-0.39, 0.29) is 5.66 Å². The van der Waals surface area contributed by atoms with Gasteiger partial charge in [-0.3, -0.25) is 4.79 Å². The fourth-order valence-corrected chi connectivity index (χ4v) is 3.43. The summed E-state index contributed by atoms with van der Waals surface area (Å²) >= 11 is 6.19.